The lowest BCUT2D eigenvalue weighted by Gasteiger charge is -2.36. The highest BCUT2D eigenvalue weighted by atomic mass is 15.3. The van der Waals surface area contributed by atoms with Gasteiger partial charge in [0.25, 0.3) is 0 Å². The van der Waals surface area contributed by atoms with Crippen LogP contribution in [-0.2, 0) is 6.54 Å². The Labute approximate surface area is 109 Å². The van der Waals surface area contributed by atoms with Gasteiger partial charge in [0.1, 0.15) is 0 Å². The SMILES string of the molecule is CCN1CCC(N(C)c2nccc(CN)n2)CC1. The summed E-state index contributed by atoms with van der Waals surface area (Å²) in [5.74, 6) is 0.799. The van der Waals surface area contributed by atoms with Crippen LogP contribution in [0.15, 0.2) is 12.3 Å². The minimum atomic E-state index is 0.470. The molecule has 2 N–H and O–H groups in total. The Balaban J connectivity index is 2.00. The zero-order valence-corrected chi connectivity index (χ0v) is 11.3. The molecule has 0 aliphatic carbocycles. The smallest absolute Gasteiger partial charge is 0.225 e. The van der Waals surface area contributed by atoms with Gasteiger partial charge in [-0.25, -0.2) is 9.97 Å². The number of rotatable bonds is 4. The van der Waals surface area contributed by atoms with E-state index in [0.717, 1.165) is 18.2 Å². The molecule has 0 aromatic carbocycles. The standard InChI is InChI=1S/C13H23N5/c1-3-18-8-5-12(6-9-18)17(2)13-15-7-4-11(10-14)16-13/h4,7,12H,3,5-6,8-10,14H2,1-2H3. The van der Waals surface area contributed by atoms with Gasteiger partial charge in [-0.05, 0) is 25.5 Å². The predicted molar refractivity (Wildman–Crippen MR) is 73.5 cm³/mol. The Bertz CT molecular complexity index is 373. The number of nitrogens with two attached hydrogens (primary N) is 1. The molecule has 1 aliphatic rings. The number of likely N-dealkylation sites (tertiary alicyclic amines) is 1. The second-order valence-corrected chi connectivity index (χ2v) is 4.83. The zero-order valence-electron chi connectivity index (χ0n) is 11.3. The van der Waals surface area contributed by atoms with Gasteiger partial charge in [-0.1, -0.05) is 6.92 Å². The third-order valence-electron chi connectivity index (χ3n) is 3.78. The van der Waals surface area contributed by atoms with Gasteiger partial charge in [0.15, 0.2) is 0 Å². The quantitative estimate of drug-likeness (QED) is 0.857. The van der Waals surface area contributed by atoms with Crippen molar-refractivity contribution in [1.29, 1.82) is 0 Å². The van der Waals surface area contributed by atoms with E-state index in [9.17, 15) is 0 Å². The van der Waals surface area contributed by atoms with Crippen molar-refractivity contribution in [2.24, 2.45) is 5.73 Å². The number of aromatic nitrogens is 2. The second-order valence-electron chi connectivity index (χ2n) is 4.83. The first-order chi connectivity index (χ1) is 8.74. The molecular formula is C13H23N5. The first-order valence-corrected chi connectivity index (χ1v) is 6.71. The number of piperidine rings is 1. The lowest BCUT2D eigenvalue weighted by Crippen LogP contribution is -2.43. The predicted octanol–water partition coefficient (Wildman–Crippen LogP) is 0.856. The van der Waals surface area contributed by atoms with E-state index in [2.05, 4.69) is 33.7 Å². The van der Waals surface area contributed by atoms with E-state index in [1.165, 1.54) is 25.9 Å². The summed E-state index contributed by atoms with van der Waals surface area (Å²) in [6, 6.07) is 2.41. The number of hydrogen-bond donors (Lipinski definition) is 1. The summed E-state index contributed by atoms with van der Waals surface area (Å²) in [6.45, 7) is 6.18. The monoisotopic (exact) mass is 249 g/mol. The number of anilines is 1. The van der Waals surface area contributed by atoms with Crippen molar-refractivity contribution >= 4 is 5.95 Å². The molecule has 5 heteroatoms. The summed E-state index contributed by atoms with van der Waals surface area (Å²) < 4.78 is 0. The Morgan fingerprint density at radius 2 is 2.17 bits per heavy atom. The lowest BCUT2D eigenvalue weighted by molar-refractivity contribution is 0.220. The zero-order chi connectivity index (χ0) is 13.0. The maximum atomic E-state index is 5.62. The van der Waals surface area contributed by atoms with Crippen molar-refractivity contribution in [1.82, 2.24) is 14.9 Å². The highest BCUT2D eigenvalue weighted by Crippen LogP contribution is 2.18. The Hall–Kier alpha value is -1.20. The van der Waals surface area contributed by atoms with Crippen molar-refractivity contribution < 1.29 is 0 Å². The van der Waals surface area contributed by atoms with E-state index >= 15 is 0 Å². The molecule has 1 aliphatic heterocycles. The maximum Gasteiger partial charge on any atom is 0.225 e. The van der Waals surface area contributed by atoms with Crippen molar-refractivity contribution in [3.05, 3.63) is 18.0 Å². The Morgan fingerprint density at radius 1 is 1.44 bits per heavy atom. The summed E-state index contributed by atoms with van der Waals surface area (Å²) in [6.07, 6.45) is 4.16. The molecule has 0 unspecified atom stereocenters. The third-order valence-corrected chi connectivity index (χ3v) is 3.78. The molecular weight excluding hydrogens is 226 g/mol. The minimum Gasteiger partial charge on any atom is -0.341 e. The van der Waals surface area contributed by atoms with Gasteiger partial charge in [-0.15, -0.1) is 0 Å². The van der Waals surface area contributed by atoms with Gasteiger partial charge < -0.3 is 15.5 Å². The van der Waals surface area contributed by atoms with Crippen LogP contribution in [0.1, 0.15) is 25.5 Å². The fourth-order valence-corrected chi connectivity index (χ4v) is 2.45. The van der Waals surface area contributed by atoms with Crippen LogP contribution >= 0.6 is 0 Å². The van der Waals surface area contributed by atoms with Crippen molar-refractivity contribution in [2.45, 2.75) is 32.4 Å². The van der Waals surface area contributed by atoms with Gasteiger partial charge >= 0.3 is 0 Å². The molecule has 0 radical (unpaired) electrons. The molecule has 1 saturated heterocycles. The molecule has 0 atom stereocenters. The van der Waals surface area contributed by atoms with E-state index in [1.54, 1.807) is 6.20 Å². The molecule has 2 rings (SSSR count). The van der Waals surface area contributed by atoms with E-state index in [-0.39, 0.29) is 0 Å². The van der Waals surface area contributed by atoms with Gasteiger partial charge in [-0.2, -0.15) is 0 Å². The van der Waals surface area contributed by atoms with E-state index < -0.39 is 0 Å². The van der Waals surface area contributed by atoms with Crippen LogP contribution in [0.2, 0.25) is 0 Å². The van der Waals surface area contributed by atoms with Gasteiger partial charge in [0.05, 0.1) is 5.69 Å². The van der Waals surface area contributed by atoms with Crippen molar-refractivity contribution in [2.75, 3.05) is 31.6 Å². The lowest BCUT2D eigenvalue weighted by atomic mass is 10.0. The van der Waals surface area contributed by atoms with Crippen LogP contribution in [-0.4, -0.2) is 47.6 Å². The number of hydrogen-bond acceptors (Lipinski definition) is 5. The molecule has 100 valence electrons. The third kappa shape index (κ3) is 2.97. The van der Waals surface area contributed by atoms with Crippen molar-refractivity contribution in [3.8, 4) is 0 Å². The molecule has 1 fully saturated rings. The molecule has 1 aromatic heterocycles. The average molecular weight is 249 g/mol. The topological polar surface area (TPSA) is 58.3 Å². The molecule has 2 heterocycles. The molecule has 0 amide bonds. The molecule has 0 spiro atoms. The van der Waals surface area contributed by atoms with Crippen LogP contribution in [0.5, 0.6) is 0 Å². The van der Waals surface area contributed by atoms with Gasteiger partial charge in [0.2, 0.25) is 5.95 Å². The molecule has 1 aromatic rings. The van der Waals surface area contributed by atoms with Gasteiger partial charge in [-0.3, -0.25) is 0 Å². The first kappa shape index (κ1) is 13.2. The largest absolute Gasteiger partial charge is 0.341 e. The second kappa shape index (κ2) is 6.11. The minimum absolute atomic E-state index is 0.470. The van der Waals surface area contributed by atoms with Gasteiger partial charge in [0, 0.05) is 38.9 Å². The highest BCUT2D eigenvalue weighted by molar-refractivity contribution is 5.30. The van der Waals surface area contributed by atoms with E-state index in [0.29, 0.717) is 12.6 Å². The maximum absolute atomic E-state index is 5.62. The summed E-state index contributed by atoms with van der Waals surface area (Å²) in [4.78, 5) is 13.5. The molecule has 18 heavy (non-hydrogen) atoms. The van der Waals surface area contributed by atoms with Crippen LogP contribution in [0.4, 0.5) is 5.95 Å². The normalized spacial score (nSPS) is 17.9. The summed E-state index contributed by atoms with van der Waals surface area (Å²) in [5.41, 5.74) is 6.52. The fourth-order valence-electron chi connectivity index (χ4n) is 2.45. The molecule has 0 saturated carbocycles. The first-order valence-electron chi connectivity index (χ1n) is 6.71. The van der Waals surface area contributed by atoms with E-state index in [4.69, 9.17) is 5.73 Å². The highest BCUT2D eigenvalue weighted by Gasteiger charge is 2.23. The Kier molecular flexibility index (Phi) is 4.49. The van der Waals surface area contributed by atoms with Crippen LogP contribution < -0.4 is 10.6 Å². The summed E-state index contributed by atoms with van der Waals surface area (Å²) >= 11 is 0. The molecule has 5 nitrogen and oxygen atoms in total. The Morgan fingerprint density at radius 3 is 2.78 bits per heavy atom. The summed E-state index contributed by atoms with van der Waals surface area (Å²) in [5, 5.41) is 0. The van der Waals surface area contributed by atoms with Crippen LogP contribution in [0.25, 0.3) is 0 Å². The summed E-state index contributed by atoms with van der Waals surface area (Å²) in [7, 11) is 2.09. The van der Waals surface area contributed by atoms with Crippen LogP contribution in [0, 0.1) is 0 Å². The fraction of sp³-hybridized carbons (Fsp3) is 0.692. The molecule has 0 bridgehead atoms. The van der Waals surface area contributed by atoms with Crippen LogP contribution in [0.3, 0.4) is 0 Å². The average Bonchev–Trinajstić information content (AvgIpc) is 2.46. The van der Waals surface area contributed by atoms with E-state index in [1.807, 2.05) is 6.07 Å². The van der Waals surface area contributed by atoms with Crippen molar-refractivity contribution in [3.63, 3.8) is 0 Å². The number of nitrogens with zero attached hydrogens (tertiary/aromatic N) is 4.